The van der Waals surface area contributed by atoms with Crippen LogP contribution in [0.3, 0.4) is 0 Å². The number of aromatic amines is 1. The summed E-state index contributed by atoms with van der Waals surface area (Å²) in [6.45, 7) is 4.71. The fourth-order valence-corrected chi connectivity index (χ4v) is 7.76. The van der Waals surface area contributed by atoms with Crippen LogP contribution in [0.15, 0.2) is 83.7 Å². The van der Waals surface area contributed by atoms with Gasteiger partial charge in [-0.25, -0.2) is 4.79 Å². The number of aromatic hydroxyl groups is 1. The highest BCUT2D eigenvalue weighted by molar-refractivity contribution is 5.87. The largest absolute Gasteiger partial charge is 0.506 e. The van der Waals surface area contributed by atoms with Crippen LogP contribution in [0.4, 0.5) is 4.79 Å². The first-order valence-corrected chi connectivity index (χ1v) is 18.1. The number of pyridine rings is 1. The van der Waals surface area contributed by atoms with Crippen molar-refractivity contribution in [2.45, 2.75) is 69.6 Å². The van der Waals surface area contributed by atoms with Gasteiger partial charge in [0.05, 0.1) is 30.3 Å². The lowest BCUT2D eigenvalue weighted by Gasteiger charge is -2.50. The quantitative estimate of drug-likeness (QED) is 0.0803. The van der Waals surface area contributed by atoms with E-state index in [2.05, 4.69) is 15.2 Å². The number of ether oxygens (including phenoxy) is 1. The van der Waals surface area contributed by atoms with Crippen molar-refractivity contribution >= 4 is 17.0 Å². The summed E-state index contributed by atoms with van der Waals surface area (Å²) in [7, 11) is 0. The van der Waals surface area contributed by atoms with Gasteiger partial charge < -0.3 is 35.3 Å². The second-order valence-corrected chi connectivity index (χ2v) is 13.8. The minimum Gasteiger partial charge on any atom is -0.506 e. The van der Waals surface area contributed by atoms with E-state index in [1.54, 1.807) is 17.0 Å². The maximum Gasteiger partial charge on any atom is 0.408 e. The number of benzene rings is 3. The summed E-state index contributed by atoms with van der Waals surface area (Å²) in [6, 6.07) is 23.7. The molecule has 1 aromatic heterocycles. The van der Waals surface area contributed by atoms with Crippen LogP contribution in [-0.2, 0) is 0 Å². The molecule has 50 heavy (non-hydrogen) atoms. The molecule has 2 bridgehead atoms. The van der Waals surface area contributed by atoms with Crippen molar-refractivity contribution in [3.05, 3.63) is 106 Å². The lowest BCUT2D eigenvalue weighted by Crippen LogP contribution is -2.59. The van der Waals surface area contributed by atoms with E-state index in [1.807, 2.05) is 54.6 Å². The number of hydrogen-bond acceptors (Lipinski definition) is 7. The Kier molecular flexibility index (Phi) is 12.1. The van der Waals surface area contributed by atoms with Gasteiger partial charge in [0.2, 0.25) is 5.56 Å². The number of unbranched alkanes of at least 4 members (excludes halogenated alkanes) is 5. The van der Waals surface area contributed by atoms with Gasteiger partial charge in [-0.1, -0.05) is 74.2 Å². The fourth-order valence-electron chi connectivity index (χ4n) is 7.76. The molecule has 10 heteroatoms. The van der Waals surface area contributed by atoms with E-state index >= 15 is 0 Å². The molecule has 0 radical (unpaired) electrons. The number of phenols is 1. The van der Waals surface area contributed by atoms with Crippen molar-refractivity contribution in [2.24, 2.45) is 5.92 Å². The first-order valence-electron chi connectivity index (χ1n) is 18.1. The molecule has 3 aliphatic heterocycles. The van der Waals surface area contributed by atoms with E-state index in [4.69, 9.17) is 4.74 Å². The van der Waals surface area contributed by atoms with Gasteiger partial charge in [-0.05, 0) is 92.2 Å². The van der Waals surface area contributed by atoms with E-state index in [1.165, 1.54) is 12.1 Å². The van der Waals surface area contributed by atoms with Crippen LogP contribution in [0.5, 0.6) is 11.5 Å². The maximum absolute atomic E-state index is 12.9. The minimum absolute atomic E-state index is 0.0153. The van der Waals surface area contributed by atoms with Gasteiger partial charge in [-0.2, -0.15) is 0 Å². The molecule has 1 unspecified atom stereocenters. The molecule has 0 saturated carbocycles. The number of fused-ring (bicyclic) bond motifs is 4. The van der Waals surface area contributed by atoms with Crippen LogP contribution in [0.1, 0.15) is 80.2 Å². The number of amides is 1. The van der Waals surface area contributed by atoms with Gasteiger partial charge in [-0.15, -0.1) is 0 Å². The molecule has 7 rings (SSSR count). The Hall–Kier alpha value is -4.38. The number of hydrogen-bond donors (Lipinski definition) is 5. The summed E-state index contributed by atoms with van der Waals surface area (Å²) >= 11 is 0. The molecule has 0 spiro atoms. The molecule has 5 N–H and O–H groups in total. The third kappa shape index (κ3) is 8.67. The number of nitrogens with zero attached hydrogens (tertiary/aromatic N) is 2. The molecule has 1 amide bonds. The fraction of sp³-hybridized carbons (Fsp3) is 0.450. The molecule has 3 fully saturated rings. The van der Waals surface area contributed by atoms with Gasteiger partial charge in [0.25, 0.3) is 0 Å². The summed E-state index contributed by atoms with van der Waals surface area (Å²) in [6.07, 6.45) is 6.83. The van der Waals surface area contributed by atoms with Crippen LogP contribution in [-0.4, -0.2) is 81.6 Å². The van der Waals surface area contributed by atoms with Crippen molar-refractivity contribution in [1.29, 1.82) is 0 Å². The van der Waals surface area contributed by atoms with Crippen LogP contribution < -0.4 is 15.6 Å². The van der Waals surface area contributed by atoms with Crippen molar-refractivity contribution in [3.8, 4) is 11.5 Å². The second kappa shape index (κ2) is 17.0. The number of phenolic OH excluding ortho intramolecular Hbond substituents is 1. The molecule has 0 aliphatic carbocycles. The molecule has 3 atom stereocenters. The lowest BCUT2D eigenvalue weighted by molar-refractivity contribution is -0.000811. The highest BCUT2D eigenvalue weighted by Gasteiger charge is 2.43. The summed E-state index contributed by atoms with van der Waals surface area (Å²) in [5.74, 6) is 1.14. The first-order chi connectivity index (χ1) is 24.4. The molecule has 3 saturated heterocycles. The van der Waals surface area contributed by atoms with Crippen molar-refractivity contribution in [2.75, 3.05) is 39.3 Å². The van der Waals surface area contributed by atoms with Gasteiger partial charge in [0, 0.05) is 24.5 Å². The zero-order chi connectivity index (χ0) is 34.9. The maximum atomic E-state index is 12.9. The van der Waals surface area contributed by atoms with Gasteiger partial charge >= 0.3 is 6.09 Å². The Morgan fingerprint density at radius 1 is 0.920 bits per heavy atom. The lowest BCUT2D eigenvalue weighted by atomic mass is 9.81. The number of aliphatic hydroxyl groups excluding tert-OH is 1. The van der Waals surface area contributed by atoms with Gasteiger partial charge in [-0.3, -0.25) is 9.69 Å². The monoisotopic (exact) mass is 682 g/mol. The highest BCUT2D eigenvalue weighted by atomic mass is 16.5. The average Bonchev–Trinajstić information content (AvgIpc) is 3.13. The predicted octanol–water partition coefficient (Wildman–Crippen LogP) is 6.44. The normalized spacial score (nSPS) is 19.7. The first kappa shape index (κ1) is 35.4. The van der Waals surface area contributed by atoms with Crippen molar-refractivity contribution in [3.63, 3.8) is 0 Å². The second-order valence-electron chi connectivity index (χ2n) is 13.8. The topological polar surface area (TPSA) is 138 Å². The smallest absolute Gasteiger partial charge is 0.408 e. The number of aliphatic hydroxyl groups is 1. The highest BCUT2D eigenvalue weighted by Crippen LogP contribution is 2.39. The Morgan fingerprint density at radius 2 is 1.66 bits per heavy atom. The molecule has 266 valence electrons. The van der Waals surface area contributed by atoms with Gasteiger partial charge in [0.1, 0.15) is 11.5 Å². The zero-order valence-corrected chi connectivity index (χ0v) is 28.7. The third-order valence-electron chi connectivity index (χ3n) is 10.4. The number of nitrogens with one attached hydrogen (secondary N) is 2. The number of carboxylic acid groups (broad SMARTS) is 1. The number of aromatic nitrogens is 1. The Balaban J connectivity index is 0.926. The zero-order valence-electron chi connectivity index (χ0n) is 28.7. The molecular formula is C40H50N4O6. The van der Waals surface area contributed by atoms with E-state index in [-0.39, 0.29) is 17.4 Å². The molecule has 4 heterocycles. The van der Waals surface area contributed by atoms with Crippen molar-refractivity contribution < 1.29 is 24.9 Å². The average molecular weight is 683 g/mol. The van der Waals surface area contributed by atoms with Crippen LogP contribution in [0.2, 0.25) is 0 Å². The van der Waals surface area contributed by atoms with Crippen LogP contribution in [0.25, 0.3) is 10.9 Å². The summed E-state index contributed by atoms with van der Waals surface area (Å²) in [4.78, 5) is 31.3. The molecule has 10 nitrogen and oxygen atoms in total. The number of H-pyrrole nitrogens is 1. The third-order valence-corrected chi connectivity index (χ3v) is 10.4. The summed E-state index contributed by atoms with van der Waals surface area (Å²) in [5, 5.41) is 35.3. The number of piperidine rings is 3. The Bertz CT molecular complexity index is 1760. The van der Waals surface area contributed by atoms with Crippen LogP contribution >= 0.6 is 0 Å². The summed E-state index contributed by atoms with van der Waals surface area (Å²) in [5.41, 5.74) is 2.61. The van der Waals surface area contributed by atoms with Crippen molar-refractivity contribution in [1.82, 2.24) is 20.1 Å². The Labute approximate surface area is 293 Å². The molecule has 4 aromatic rings. The van der Waals surface area contributed by atoms with E-state index in [0.717, 1.165) is 94.4 Å². The van der Waals surface area contributed by atoms with Gasteiger partial charge in [0.15, 0.2) is 0 Å². The summed E-state index contributed by atoms with van der Waals surface area (Å²) < 4.78 is 6.19. The molecule has 3 aromatic carbocycles. The number of rotatable bonds is 17. The van der Waals surface area contributed by atoms with E-state index in [0.29, 0.717) is 35.5 Å². The predicted molar refractivity (Wildman–Crippen MR) is 195 cm³/mol. The SMILES string of the molecule is O=C(O)N(C(c1ccccc1)c1cccc(OCCCCCCCCNC[C@H](O)c2ccc(O)c3[nH]c(=O)ccc23)c1)[C@H]1CN2CCC1CC2. The standard InChI is InChI=1S/C40H50N4O6/c45-35-17-15-32(33-16-18-37(47)42-38(33)35)36(46)26-41-21-8-3-1-2-4-9-24-50-31-14-10-13-30(25-31)39(29-11-6-5-7-12-29)44(40(48)49)34-27-43-22-19-28(34)20-23-43/h5-7,10-18,25,28,34,36,39,41,45-46H,1-4,8-9,19-24,26-27H2,(H,42,47)(H,48,49)/t34-,36-,39?/m0/s1. The molecule has 3 aliphatic rings. The number of carbonyl (C=O) groups is 1. The van der Waals surface area contributed by atoms with E-state index < -0.39 is 18.2 Å². The van der Waals surface area contributed by atoms with Crippen LogP contribution in [0, 0.1) is 5.92 Å². The Morgan fingerprint density at radius 3 is 2.40 bits per heavy atom. The molecular weight excluding hydrogens is 632 g/mol. The van der Waals surface area contributed by atoms with E-state index in [9.17, 15) is 24.9 Å². The minimum atomic E-state index is -0.875.